The van der Waals surface area contributed by atoms with Gasteiger partial charge in [-0.05, 0) is 62.7 Å². The molecule has 6 aromatic rings. The molecule has 0 amide bonds. The molecule has 0 unspecified atom stereocenters. The van der Waals surface area contributed by atoms with Gasteiger partial charge in [-0.3, -0.25) is 20.0 Å². The molecule has 7 heterocycles. The number of nitrogens with one attached hydrogen (secondary N) is 2. The van der Waals surface area contributed by atoms with Crippen molar-refractivity contribution in [3.63, 3.8) is 0 Å². The molecule has 10 heteroatoms. The van der Waals surface area contributed by atoms with E-state index in [1.165, 1.54) is 24.1 Å². The minimum atomic E-state index is -0.453. The summed E-state index contributed by atoms with van der Waals surface area (Å²) in [5.74, 6) is -0.00167. The van der Waals surface area contributed by atoms with Crippen molar-refractivity contribution in [1.82, 2.24) is 40.0 Å². The molecule has 0 aliphatic carbocycles. The van der Waals surface area contributed by atoms with E-state index >= 15 is 4.39 Å². The lowest BCUT2D eigenvalue weighted by Crippen LogP contribution is -2.29. The molecule has 7 rings (SSSR count). The van der Waals surface area contributed by atoms with Crippen LogP contribution in [0.5, 0.6) is 0 Å². The number of nitrogens with zero attached hydrogens (tertiary/aromatic N) is 6. The SMILES string of the molecule is Cc1ccc(-c2ccnc3[nH]c(-c4n[nH]c5cnc(-c6cncc(CN7CCCCC7)c6)c(F)c45)nc23)s1. The Bertz CT molecular complexity index is 1780. The number of aromatic nitrogens is 7. The van der Waals surface area contributed by atoms with Gasteiger partial charge in [0.1, 0.15) is 16.9 Å². The summed E-state index contributed by atoms with van der Waals surface area (Å²) in [6, 6.07) is 8.10. The van der Waals surface area contributed by atoms with Gasteiger partial charge in [0.25, 0.3) is 0 Å². The van der Waals surface area contributed by atoms with Crippen molar-refractivity contribution in [2.75, 3.05) is 13.1 Å². The van der Waals surface area contributed by atoms with Gasteiger partial charge in [0, 0.05) is 46.0 Å². The van der Waals surface area contributed by atoms with Crippen molar-refractivity contribution in [3.05, 3.63) is 65.3 Å². The largest absolute Gasteiger partial charge is 0.321 e. The van der Waals surface area contributed by atoms with E-state index in [9.17, 15) is 0 Å². The van der Waals surface area contributed by atoms with Crippen LogP contribution in [0.25, 0.3) is 55.3 Å². The van der Waals surface area contributed by atoms with Crippen molar-refractivity contribution in [2.45, 2.75) is 32.7 Å². The minimum absolute atomic E-state index is 0.247. The molecule has 0 radical (unpaired) electrons. The van der Waals surface area contributed by atoms with Gasteiger partial charge in [0.15, 0.2) is 17.3 Å². The van der Waals surface area contributed by atoms with Gasteiger partial charge in [-0.1, -0.05) is 6.42 Å². The number of likely N-dealkylation sites (tertiary alicyclic amines) is 1. The lowest BCUT2D eigenvalue weighted by molar-refractivity contribution is 0.220. The number of thiophene rings is 1. The van der Waals surface area contributed by atoms with Crippen LogP contribution in [-0.2, 0) is 6.54 Å². The Morgan fingerprint density at radius 1 is 1.03 bits per heavy atom. The zero-order valence-corrected chi connectivity index (χ0v) is 21.6. The Morgan fingerprint density at radius 2 is 1.92 bits per heavy atom. The summed E-state index contributed by atoms with van der Waals surface area (Å²) in [5.41, 5.74) is 5.18. The average molecular weight is 525 g/mol. The van der Waals surface area contributed by atoms with Gasteiger partial charge in [0.2, 0.25) is 0 Å². The second-order valence-electron chi connectivity index (χ2n) is 9.75. The Morgan fingerprint density at radius 3 is 2.76 bits per heavy atom. The summed E-state index contributed by atoms with van der Waals surface area (Å²) >= 11 is 1.70. The van der Waals surface area contributed by atoms with Crippen LogP contribution in [-0.4, -0.2) is 53.1 Å². The van der Waals surface area contributed by atoms with Crippen molar-refractivity contribution in [2.24, 2.45) is 0 Å². The number of pyridine rings is 3. The van der Waals surface area contributed by atoms with Crippen LogP contribution in [0.15, 0.2) is 49.1 Å². The van der Waals surface area contributed by atoms with Crippen LogP contribution in [0.4, 0.5) is 4.39 Å². The smallest absolute Gasteiger partial charge is 0.161 e. The van der Waals surface area contributed by atoms with E-state index in [1.807, 2.05) is 18.3 Å². The monoisotopic (exact) mass is 524 g/mol. The summed E-state index contributed by atoms with van der Waals surface area (Å²) in [4.78, 5) is 26.1. The zero-order chi connectivity index (χ0) is 25.6. The molecular weight excluding hydrogens is 499 g/mol. The van der Waals surface area contributed by atoms with Crippen LogP contribution >= 0.6 is 11.3 Å². The third kappa shape index (κ3) is 4.06. The van der Waals surface area contributed by atoms with Crippen LogP contribution < -0.4 is 0 Å². The highest BCUT2D eigenvalue weighted by atomic mass is 32.1. The van der Waals surface area contributed by atoms with Gasteiger partial charge in [-0.2, -0.15) is 5.10 Å². The molecule has 0 saturated carbocycles. The highest BCUT2D eigenvalue weighted by Crippen LogP contribution is 2.35. The number of aryl methyl sites for hydroxylation is 1. The standard InChI is InChI=1S/C28H25FN8S/c1-16-5-6-21(38-16)19-7-8-31-27-25(19)33-28(34-27)26-22-20(35-36-26)14-32-24(23(22)29)18-11-17(12-30-13-18)15-37-9-3-2-4-10-37/h5-8,11-14H,2-4,9-10,15H2,1H3,(H,35,36)(H,31,33,34). The number of aromatic amines is 2. The predicted octanol–water partition coefficient (Wildman–Crippen LogP) is 6.12. The first kappa shape index (κ1) is 23.1. The Kier molecular flexibility index (Phi) is 5.70. The number of piperidine rings is 1. The van der Waals surface area contributed by atoms with E-state index in [0.29, 0.717) is 33.6 Å². The van der Waals surface area contributed by atoms with Crippen molar-refractivity contribution < 1.29 is 4.39 Å². The van der Waals surface area contributed by atoms with Crippen molar-refractivity contribution in [1.29, 1.82) is 0 Å². The van der Waals surface area contributed by atoms with E-state index in [0.717, 1.165) is 41.2 Å². The van der Waals surface area contributed by atoms with E-state index < -0.39 is 5.82 Å². The molecule has 0 atom stereocenters. The van der Waals surface area contributed by atoms with E-state index in [2.05, 4.69) is 54.1 Å². The molecule has 0 spiro atoms. The topological polar surface area (TPSA) is 99.3 Å². The van der Waals surface area contributed by atoms with Gasteiger partial charge in [-0.25, -0.2) is 14.4 Å². The fraction of sp³-hybridized carbons (Fsp3) is 0.250. The van der Waals surface area contributed by atoms with Gasteiger partial charge < -0.3 is 4.98 Å². The number of halogens is 1. The summed E-state index contributed by atoms with van der Waals surface area (Å²) in [7, 11) is 0. The maximum Gasteiger partial charge on any atom is 0.161 e. The van der Waals surface area contributed by atoms with Gasteiger partial charge in [-0.15, -0.1) is 11.3 Å². The van der Waals surface area contributed by atoms with E-state index in [-0.39, 0.29) is 5.69 Å². The first-order valence-electron chi connectivity index (χ1n) is 12.7. The summed E-state index contributed by atoms with van der Waals surface area (Å²) < 4.78 is 16.1. The quantitative estimate of drug-likeness (QED) is 0.282. The van der Waals surface area contributed by atoms with Crippen LogP contribution in [0, 0.1) is 12.7 Å². The fourth-order valence-corrected chi connectivity index (χ4v) is 6.12. The molecule has 38 heavy (non-hydrogen) atoms. The van der Waals surface area contributed by atoms with Crippen LogP contribution in [0.2, 0.25) is 0 Å². The summed E-state index contributed by atoms with van der Waals surface area (Å²) in [6.45, 7) is 5.05. The number of rotatable bonds is 5. The van der Waals surface area contributed by atoms with Crippen molar-refractivity contribution in [3.8, 4) is 33.2 Å². The molecule has 1 saturated heterocycles. The first-order valence-corrected chi connectivity index (χ1v) is 13.6. The molecule has 0 bridgehead atoms. The summed E-state index contributed by atoms with van der Waals surface area (Å²) in [5, 5.41) is 7.66. The molecule has 6 aromatic heterocycles. The Balaban J connectivity index is 1.29. The second kappa shape index (κ2) is 9.38. The minimum Gasteiger partial charge on any atom is -0.321 e. The first-order chi connectivity index (χ1) is 18.6. The number of hydrogen-bond acceptors (Lipinski definition) is 7. The van der Waals surface area contributed by atoms with E-state index in [1.54, 1.807) is 29.9 Å². The lowest BCUT2D eigenvalue weighted by Gasteiger charge is -2.26. The average Bonchev–Trinajstić information content (AvgIpc) is 3.67. The van der Waals surface area contributed by atoms with Gasteiger partial charge >= 0.3 is 0 Å². The second-order valence-corrected chi connectivity index (χ2v) is 11.0. The molecule has 0 aromatic carbocycles. The van der Waals surface area contributed by atoms with Crippen LogP contribution in [0.1, 0.15) is 29.7 Å². The number of fused-ring (bicyclic) bond motifs is 2. The maximum atomic E-state index is 16.1. The van der Waals surface area contributed by atoms with Crippen LogP contribution in [0.3, 0.4) is 0 Å². The zero-order valence-electron chi connectivity index (χ0n) is 20.8. The number of hydrogen-bond donors (Lipinski definition) is 2. The normalized spacial score (nSPS) is 14.6. The molecular formula is C28H25FN8S. The summed E-state index contributed by atoms with van der Waals surface area (Å²) in [6.07, 6.45) is 10.6. The lowest BCUT2D eigenvalue weighted by atomic mass is 10.1. The van der Waals surface area contributed by atoms with E-state index in [4.69, 9.17) is 4.98 Å². The highest BCUT2D eigenvalue weighted by molar-refractivity contribution is 7.15. The maximum absolute atomic E-state index is 16.1. The highest BCUT2D eigenvalue weighted by Gasteiger charge is 2.22. The third-order valence-electron chi connectivity index (χ3n) is 7.08. The molecule has 1 aliphatic heterocycles. The Labute approximate surface area is 222 Å². The Hall–Kier alpha value is -4.02. The third-order valence-corrected chi connectivity index (χ3v) is 8.12. The number of H-pyrrole nitrogens is 2. The molecule has 1 fully saturated rings. The fourth-order valence-electron chi connectivity index (χ4n) is 5.23. The predicted molar refractivity (Wildman–Crippen MR) is 147 cm³/mol. The van der Waals surface area contributed by atoms with Gasteiger partial charge in [0.05, 0.1) is 17.1 Å². The molecule has 8 nitrogen and oxygen atoms in total. The number of imidazole rings is 1. The molecule has 1 aliphatic rings. The molecule has 2 N–H and O–H groups in total. The molecule has 190 valence electrons. The van der Waals surface area contributed by atoms with Crippen molar-refractivity contribution >= 4 is 33.4 Å².